The van der Waals surface area contributed by atoms with Gasteiger partial charge in [-0.25, -0.2) is 4.68 Å². The SMILES string of the molecule is CNCc1cn(CC(=O)N(CC(C)C)CC(C)C)nn1. The molecule has 1 aromatic heterocycles. The second-order valence-corrected chi connectivity index (χ2v) is 6.02. The highest BCUT2D eigenvalue weighted by Gasteiger charge is 2.17. The standard InChI is InChI=1S/C14H27N5O/c1-11(2)7-18(8-12(3)4)14(20)10-19-9-13(6-15-5)16-17-19/h9,11-12,15H,6-8,10H2,1-5H3. The van der Waals surface area contributed by atoms with Crippen molar-refractivity contribution in [2.24, 2.45) is 11.8 Å². The van der Waals surface area contributed by atoms with Crippen LogP contribution in [0, 0.1) is 11.8 Å². The molecule has 6 heteroatoms. The van der Waals surface area contributed by atoms with Gasteiger partial charge in [0.25, 0.3) is 0 Å². The fourth-order valence-electron chi connectivity index (χ4n) is 2.08. The number of nitrogens with one attached hydrogen (secondary N) is 1. The largest absolute Gasteiger partial charge is 0.341 e. The van der Waals surface area contributed by atoms with Crippen LogP contribution in [0.4, 0.5) is 0 Å². The molecule has 0 aliphatic heterocycles. The topological polar surface area (TPSA) is 63.1 Å². The van der Waals surface area contributed by atoms with Crippen LogP contribution in [-0.4, -0.2) is 45.9 Å². The Morgan fingerprint density at radius 2 is 1.90 bits per heavy atom. The van der Waals surface area contributed by atoms with Crippen LogP contribution in [-0.2, 0) is 17.9 Å². The first-order valence-corrected chi connectivity index (χ1v) is 7.23. The molecule has 0 radical (unpaired) electrons. The van der Waals surface area contributed by atoms with Crippen molar-refractivity contribution in [3.63, 3.8) is 0 Å². The van der Waals surface area contributed by atoms with Gasteiger partial charge in [0.2, 0.25) is 5.91 Å². The van der Waals surface area contributed by atoms with Crippen molar-refractivity contribution in [3.8, 4) is 0 Å². The first-order valence-electron chi connectivity index (χ1n) is 7.23. The predicted molar refractivity (Wildman–Crippen MR) is 79.0 cm³/mol. The molecular weight excluding hydrogens is 254 g/mol. The second-order valence-electron chi connectivity index (χ2n) is 6.02. The smallest absolute Gasteiger partial charge is 0.244 e. The average Bonchev–Trinajstić information content (AvgIpc) is 2.75. The minimum atomic E-state index is 0.105. The Morgan fingerprint density at radius 1 is 1.30 bits per heavy atom. The lowest BCUT2D eigenvalue weighted by molar-refractivity contribution is -0.133. The Bertz CT molecular complexity index is 403. The number of carbonyl (C=O) groups excluding carboxylic acids is 1. The number of rotatable bonds is 8. The monoisotopic (exact) mass is 281 g/mol. The highest BCUT2D eigenvalue weighted by atomic mass is 16.2. The van der Waals surface area contributed by atoms with Crippen LogP contribution in [0.15, 0.2) is 6.20 Å². The Balaban J connectivity index is 2.63. The van der Waals surface area contributed by atoms with E-state index < -0.39 is 0 Å². The van der Waals surface area contributed by atoms with Crippen LogP contribution in [0.1, 0.15) is 33.4 Å². The lowest BCUT2D eigenvalue weighted by Gasteiger charge is -2.26. The second kappa shape index (κ2) is 7.99. The fraction of sp³-hybridized carbons (Fsp3) is 0.786. The maximum absolute atomic E-state index is 12.4. The Labute approximate surface area is 121 Å². The Kier molecular flexibility index (Phi) is 6.64. The normalized spacial score (nSPS) is 11.3. The molecule has 0 saturated carbocycles. The van der Waals surface area contributed by atoms with Crippen LogP contribution in [0.5, 0.6) is 0 Å². The molecule has 1 rings (SSSR count). The van der Waals surface area contributed by atoms with E-state index in [0.717, 1.165) is 18.8 Å². The molecule has 0 saturated heterocycles. The zero-order chi connectivity index (χ0) is 15.1. The van der Waals surface area contributed by atoms with Crippen molar-refractivity contribution in [1.29, 1.82) is 0 Å². The maximum atomic E-state index is 12.4. The number of amides is 1. The van der Waals surface area contributed by atoms with E-state index in [1.54, 1.807) is 4.68 Å². The van der Waals surface area contributed by atoms with Gasteiger partial charge in [-0.3, -0.25) is 4.79 Å². The summed E-state index contributed by atoms with van der Waals surface area (Å²) in [5.41, 5.74) is 0.847. The third kappa shape index (κ3) is 5.69. The predicted octanol–water partition coefficient (Wildman–Crippen LogP) is 1.14. The molecular formula is C14H27N5O. The number of hydrogen-bond donors (Lipinski definition) is 1. The molecule has 20 heavy (non-hydrogen) atoms. The molecule has 1 amide bonds. The first-order chi connectivity index (χ1) is 9.42. The van der Waals surface area contributed by atoms with E-state index in [-0.39, 0.29) is 12.5 Å². The summed E-state index contributed by atoms with van der Waals surface area (Å²) in [7, 11) is 1.86. The number of nitrogens with zero attached hydrogens (tertiary/aromatic N) is 4. The first kappa shape index (κ1) is 16.6. The molecule has 0 fully saturated rings. The molecule has 0 atom stereocenters. The van der Waals surface area contributed by atoms with Crippen molar-refractivity contribution in [2.45, 2.75) is 40.8 Å². The summed E-state index contributed by atoms with van der Waals surface area (Å²) in [6, 6.07) is 0. The maximum Gasteiger partial charge on any atom is 0.244 e. The minimum absolute atomic E-state index is 0.105. The molecule has 1 N–H and O–H groups in total. The lowest BCUT2D eigenvalue weighted by Crippen LogP contribution is -2.39. The molecule has 0 aromatic carbocycles. The summed E-state index contributed by atoms with van der Waals surface area (Å²) in [5.74, 6) is 1.04. The zero-order valence-corrected chi connectivity index (χ0v) is 13.3. The van der Waals surface area contributed by atoms with Crippen molar-refractivity contribution in [3.05, 3.63) is 11.9 Å². The van der Waals surface area contributed by atoms with Crippen LogP contribution in [0.25, 0.3) is 0 Å². The Hall–Kier alpha value is -1.43. The van der Waals surface area contributed by atoms with Gasteiger partial charge in [-0.1, -0.05) is 32.9 Å². The van der Waals surface area contributed by atoms with Gasteiger partial charge in [0.1, 0.15) is 6.54 Å². The fourth-order valence-corrected chi connectivity index (χ4v) is 2.08. The van der Waals surface area contributed by atoms with Crippen molar-refractivity contribution < 1.29 is 4.79 Å². The van der Waals surface area contributed by atoms with Crippen LogP contribution >= 0.6 is 0 Å². The summed E-state index contributed by atoms with van der Waals surface area (Å²) >= 11 is 0. The minimum Gasteiger partial charge on any atom is -0.341 e. The van der Waals surface area contributed by atoms with Gasteiger partial charge in [-0.2, -0.15) is 0 Å². The van der Waals surface area contributed by atoms with E-state index in [4.69, 9.17) is 0 Å². The molecule has 114 valence electrons. The highest BCUT2D eigenvalue weighted by Crippen LogP contribution is 2.05. The summed E-state index contributed by atoms with van der Waals surface area (Å²) in [4.78, 5) is 14.3. The summed E-state index contributed by atoms with van der Waals surface area (Å²) in [6.45, 7) is 11.0. The molecule has 1 heterocycles. The number of carbonyl (C=O) groups is 1. The van der Waals surface area contributed by atoms with Gasteiger partial charge < -0.3 is 10.2 Å². The summed E-state index contributed by atoms with van der Waals surface area (Å²) < 4.78 is 1.61. The van der Waals surface area contributed by atoms with Crippen LogP contribution < -0.4 is 5.32 Å². The van der Waals surface area contributed by atoms with Crippen LogP contribution in [0.3, 0.4) is 0 Å². The molecule has 0 unspecified atom stereocenters. The molecule has 0 aliphatic rings. The van der Waals surface area contributed by atoms with Gasteiger partial charge in [0.15, 0.2) is 0 Å². The van der Waals surface area contributed by atoms with E-state index >= 15 is 0 Å². The van der Waals surface area contributed by atoms with E-state index in [0.29, 0.717) is 18.4 Å². The molecule has 6 nitrogen and oxygen atoms in total. The molecule has 1 aromatic rings. The third-order valence-corrected chi connectivity index (χ3v) is 2.77. The van der Waals surface area contributed by atoms with E-state index in [1.165, 1.54) is 0 Å². The van der Waals surface area contributed by atoms with E-state index in [2.05, 4.69) is 43.3 Å². The van der Waals surface area contributed by atoms with Gasteiger partial charge >= 0.3 is 0 Å². The Morgan fingerprint density at radius 3 is 2.40 bits per heavy atom. The quantitative estimate of drug-likeness (QED) is 0.776. The third-order valence-electron chi connectivity index (χ3n) is 2.77. The lowest BCUT2D eigenvalue weighted by atomic mass is 10.1. The molecule has 0 aliphatic carbocycles. The summed E-state index contributed by atoms with van der Waals surface area (Å²) in [6.07, 6.45) is 1.82. The zero-order valence-electron chi connectivity index (χ0n) is 13.3. The number of hydrogen-bond acceptors (Lipinski definition) is 4. The van der Waals surface area contributed by atoms with Crippen molar-refractivity contribution >= 4 is 5.91 Å². The van der Waals surface area contributed by atoms with Crippen LogP contribution in [0.2, 0.25) is 0 Å². The van der Waals surface area contributed by atoms with E-state index in [1.807, 2.05) is 18.1 Å². The van der Waals surface area contributed by atoms with Gasteiger partial charge in [-0.15, -0.1) is 5.10 Å². The molecule has 0 spiro atoms. The van der Waals surface area contributed by atoms with Crippen molar-refractivity contribution in [1.82, 2.24) is 25.2 Å². The van der Waals surface area contributed by atoms with Gasteiger partial charge in [0, 0.05) is 19.6 Å². The summed E-state index contributed by atoms with van der Waals surface area (Å²) in [5, 5.41) is 11.0. The average molecular weight is 281 g/mol. The molecule has 0 bridgehead atoms. The number of aromatic nitrogens is 3. The highest BCUT2D eigenvalue weighted by molar-refractivity contribution is 5.75. The van der Waals surface area contributed by atoms with Crippen molar-refractivity contribution in [2.75, 3.05) is 20.1 Å². The van der Waals surface area contributed by atoms with Gasteiger partial charge in [-0.05, 0) is 18.9 Å². The van der Waals surface area contributed by atoms with Gasteiger partial charge in [0.05, 0.1) is 11.9 Å². The van der Waals surface area contributed by atoms with E-state index in [9.17, 15) is 4.79 Å².